The lowest BCUT2D eigenvalue weighted by Gasteiger charge is -2.12. The first kappa shape index (κ1) is 22.5. The van der Waals surface area contributed by atoms with Gasteiger partial charge in [-0.25, -0.2) is 0 Å². The van der Waals surface area contributed by atoms with Crippen molar-refractivity contribution in [1.29, 1.82) is 0 Å². The molecule has 0 spiro atoms. The van der Waals surface area contributed by atoms with Crippen LogP contribution in [0.15, 0.2) is 46.9 Å². The number of hydrogen-bond acceptors (Lipinski definition) is 5. The van der Waals surface area contributed by atoms with Crippen molar-refractivity contribution in [2.45, 2.75) is 13.3 Å². The Hall–Kier alpha value is -2.20. The van der Waals surface area contributed by atoms with E-state index in [0.29, 0.717) is 32.3 Å². The predicted octanol–water partition coefficient (Wildman–Crippen LogP) is 5.06. The number of thiophene rings is 1. The lowest BCUT2D eigenvalue weighted by Crippen LogP contribution is -2.48. The fraction of sp³-hybridized carbons (Fsp3) is 0.150. The maximum atomic E-state index is 12.4. The first-order chi connectivity index (χ1) is 14.4. The van der Waals surface area contributed by atoms with Gasteiger partial charge in [-0.05, 0) is 58.8 Å². The Morgan fingerprint density at radius 1 is 1.17 bits per heavy atom. The van der Waals surface area contributed by atoms with Crippen molar-refractivity contribution in [2.24, 2.45) is 0 Å². The normalized spacial score (nSPS) is 10.5. The molecular formula is C20H17BrClN3O3S2. The van der Waals surface area contributed by atoms with Gasteiger partial charge in [-0.2, -0.15) is 0 Å². The Bertz CT molecular complexity index is 1120. The van der Waals surface area contributed by atoms with E-state index in [9.17, 15) is 9.59 Å². The molecule has 3 N–H and O–H groups in total. The molecule has 2 amide bonds. The van der Waals surface area contributed by atoms with Crippen LogP contribution >= 0.6 is 51.1 Å². The van der Waals surface area contributed by atoms with E-state index < -0.39 is 11.8 Å². The molecule has 10 heteroatoms. The van der Waals surface area contributed by atoms with Crippen LogP contribution in [0.25, 0.3) is 10.1 Å². The molecule has 0 bridgehead atoms. The van der Waals surface area contributed by atoms with E-state index in [1.165, 1.54) is 11.3 Å². The van der Waals surface area contributed by atoms with Gasteiger partial charge in [-0.1, -0.05) is 36.7 Å². The zero-order valence-electron chi connectivity index (χ0n) is 15.8. The summed E-state index contributed by atoms with van der Waals surface area (Å²) in [5, 5.41) is 3.64. The van der Waals surface area contributed by atoms with E-state index in [0.717, 1.165) is 16.5 Å². The smallest absolute Gasteiger partial charge is 0.281 e. The average Bonchev–Trinajstić information content (AvgIpc) is 3.08. The molecule has 2 aromatic carbocycles. The minimum absolute atomic E-state index is 0.0481. The van der Waals surface area contributed by atoms with Crippen molar-refractivity contribution in [3.05, 3.63) is 62.4 Å². The zero-order chi connectivity index (χ0) is 21.7. The van der Waals surface area contributed by atoms with Crippen LogP contribution < -0.4 is 20.9 Å². The topological polar surface area (TPSA) is 79.5 Å². The quantitative estimate of drug-likeness (QED) is 0.320. The molecule has 0 aliphatic carbocycles. The van der Waals surface area contributed by atoms with Crippen molar-refractivity contribution in [3.63, 3.8) is 0 Å². The first-order valence-electron chi connectivity index (χ1n) is 8.91. The summed E-state index contributed by atoms with van der Waals surface area (Å²) in [4.78, 5) is 25.2. The van der Waals surface area contributed by atoms with Gasteiger partial charge < -0.3 is 4.74 Å². The van der Waals surface area contributed by atoms with Gasteiger partial charge in [-0.15, -0.1) is 11.3 Å². The summed E-state index contributed by atoms with van der Waals surface area (Å²) in [5.41, 5.74) is 5.35. The number of ether oxygens (including phenoxy) is 1. The molecule has 1 heterocycles. The van der Waals surface area contributed by atoms with Crippen LogP contribution in [-0.4, -0.2) is 23.5 Å². The second-order valence-corrected chi connectivity index (χ2v) is 8.79. The molecule has 156 valence electrons. The molecule has 0 aliphatic rings. The van der Waals surface area contributed by atoms with Gasteiger partial charge >= 0.3 is 0 Å². The molecule has 3 rings (SSSR count). The summed E-state index contributed by atoms with van der Waals surface area (Å²) in [5.74, 6) is -0.219. The predicted molar refractivity (Wildman–Crippen MR) is 127 cm³/mol. The van der Waals surface area contributed by atoms with Crippen LogP contribution in [0.5, 0.6) is 5.75 Å². The summed E-state index contributed by atoms with van der Waals surface area (Å²) < 4.78 is 7.13. The lowest BCUT2D eigenvalue weighted by atomic mass is 10.2. The van der Waals surface area contributed by atoms with Gasteiger partial charge in [0.2, 0.25) is 0 Å². The number of hydrazine groups is 1. The van der Waals surface area contributed by atoms with E-state index in [-0.39, 0.29) is 5.11 Å². The van der Waals surface area contributed by atoms with E-state index in [1.807, 2.05) is 31.2 Å². The average molecular weight is 527 g/mol. The Balaban J connectivity index is 1.57. The minimum atomic E-state index is -0.446. The van der Waals surface area contributed by atoms with Gasteiger partial charge in [0, 0.05) is 15.6 Å². The largest absolute Gasteiger partial charge is 0.492 e. The maximum Gasteiger partial charge on any atom is 0.281 e. The molecule has 0 atom stereocenters. The van der Waals surface area contributed by atoms with Gasteiger partial charge in [0.1, 0.15) is 10.6 Å². The Kier molecular flexibility index (Phi) is 7.65. The summed E-state index contributed by atoms with van der Waals surface area (Å²) in [6, 6.07) is 12.4. The fourth-order valence-corrected chi connectivity index (χ4v) is 4.56. The van der Waals surface area contributed by atoms with Crippen LogP contribution in [0.4, 0.5) is 0 Å². The second kappa shape index (κ2) is 10.2. The van der Waals surface area contributed by atoms with Crippen LogP contribution in [0.2, 0.25) is 5.02 Å². The van der Waals surface area contributed by atoms with Gasteiger partial charge in [0.25, 0.3) is 11.8 Å². The van der Waals surface area contributed by atoms with Gasteiger partial charge in [0.05, 0.1) is 16.1 Å². The molecule has 6 nitrogen and oxygen atoms in total. The highest BCUT2D eigenvalue weighted by Gasteiger charge is 2.17. The van der Waals surface area contributed by atoms with Gasteiger partial charge in [0.15, 0.2) is 5.11 Å². The second-order valence-electron chi connectivity index (χ2n) is 6.10. The van der Waals surface area contributed by atoms with Gasteiger partial charge in [-0.3, -0.25) is 25.8 Å². The SMILES string of the molecule is CCCOc1ccc(C(=O)NC(=S)NNC(=O)c2sc3ccccc3c2Cl)cc1Br. The molecule has 0 unspecified atom stereocenters. The first-order valence-corrected chi connectivity index (χ1v) is 11.3. The molecule has 30 heavy (non-hydrogen) atoms. The van der Waals surface area contributed by atoms with Crippen LogP contribution in [0.1, 0.15) is 33.4 Å². The number of nitrogens with one attached hydrogen (secondary N) is 3. The number of carbonyl (C=O) groups excluding carboxylic acids is 2. The number of benzene rings is 2. The Morgan fingerprint density at radius 2 is 1.93 bits per heavy atom. The Labute approximate surface area is 196 Å². The van der Waals surface area contributed by atoms with Crippen molar-refractivity contribution in [3.8, 4) is 5.75 Å². The van der Waals surface area contributed by atoms with Crippen molar-refractivity contribution in [1.82, 2.24) is 16.2 Å². The summed E-state index contributed by atoms with van der Waals surface area (Å²) in [6.45, 7) is 2.60. The van der Waals surface area contributed by atoms with Crippen LogP contribution in [0, 0.1) is 0 Å². The number of amides is 2. The summed E-state index contributed by atoms with van der Waals surface area (Å²) >= 11 is 16.0. The van der Waals surface area contributed by atoms with Crippen molar-refractivity contribution >= 4 is 78.1 Å². The third-order valence-corrected chi connectivity index (χ3v) is 6.41. The van der Waals surface area contributed by atoms with Crippen LogP contribution in [0.3, 0.4) is 0 Å². The molecule has 0 aliphatic heterocycles. The van der Waals surface area contributed by atoms with E-state index in [4.69, 9.17) is 28.6 Å². The molecule has 0 fully saturated rings. The van der Waals surface area contributed by atoms with Crippen LogP contribution in [-0.2, 0) is 0 Å². The molecule has 1 aromatic heterocycles. The molecule has 0 saturated heterocycles. The molecular weight excluding hydrogens is 510 g/mol. The molecule has 0 saturated carbocycles. The number of hydrogen-bond donors (Lipinski definition) is 3. The highest BCUT2D eigenvalue weighted by molar-refractivity contribution is 9.10. The Morgan fingerprint density at radius 3 is 2.63 bits per heavy atom. The summed E-state index contributed by atoms with van der Waals surface area (Å²) in [6.07, 6.45) is 0.882. The maximum absolute atomic E-state index is 12.4. The van der Waals surface area contributed by atoms with E-state index in [1.54, 1.807) is 18.2 Å². The van der Waals surface area contributed by atoms with E-state index >= 15 is 0 Å². The third kappa shape index (κ3) is 5.28. The third-order valence-electron chi connectivity index (χ3n) is 3.91. The zero-order valence-corrected chi connectivity index (χ0v) is 19.7. The highest BCUT2D eigenvalue weighted by atomic mass is 79.9. The monoisotopic (exact) mass is 525 g/mol. The lowest BCUT2D eigenvalue weighted by molar-refractivity contribution is 0.0938. The molecule has 3 aromatic rings. The standard InChI is InChI=1S/C20H17BrClN3O3S2/c1-2-9-28-14-8-7-11(10-13(14)21)18(26)23-20(29)25-24-19(27)17-16(22)12-5-3-4-6-15(12)30-17/h3-8,10H,2,9H2,1H3,(H,24,27)(H2,23,25,26,29). The number of thiocarbonyl (C=S) groups is 1. The number of rotatable bonds is 5. The number of fused-ring (bicyclic) bond motifs is 1. The highest BCUT2D eigenvalue weighted by Crippen LogP contribution is 2.34. The minimum Gasteiger partial charge on any atom is -0.492 e. The van der Waals surface area contributed by atoms with E-state index in [2.05, 4.69) is 32.1 Å². The van der Waals surface area contributed by atoms with Crippen molar-refractivity contribution < 1.29 is 14.3 Å². The van der Waals surface area contributed by atoms with Crippen molar-refractivity contribution in [2.75, 3.05) is 6.61 Å². The fourth-order valence-electron chi connectivity index (χ4n) is 2.51. The molecule has 0 radical (unpaired) electrons. The number of carbonyl (C=O) groups is 2. The number of halogens is 2. The summed E-state index contributed by atoms with van der Waals surface area (Å²) in [7, 11) is 0.